The molecule has 6 heteroatoms. The van der Waals surface area contributed by atoms with E-state index in [9.17, 15) is 0 Å². The molecule has 0 saturated heterocycles. The van der Waals surface area contributed by atoms with Crippen LogP contribution in [0.5, 0.6) is 5.75 Å². The number of methoxy groups -OCH3 is 1. The largest absolute Gasteiger partial charge is 0.494 e. The summed E-state index contributed by atoms with van der Waals surface area (Å²) < 4.78 is 12.3. The Morgan fingerprint density at radius 2 is 2.05 bits per heavy atom. The van der Waals surface area contributed by atoms with Gasteiger partial charge in [-0.15, -0.1) is 5.10 Å². The lowest BCUT2D eigenvalue weighted by atomic mass is 10.2. The number of rotatable bonds is 7. The van der Waals surface area contributed by atoms with E-state index in [1.807, 2.05) is 30.3 Å². The monoisotopic (exact) mass is 286 g/mol. The van der Waals surface area contributed by atoms with Gasteiger partial charge in [-0.3, -0.25) is 0 Å². The highest BCUT2D eigenvalue weighted by atomic mass is 16.5. The maximum Gasteiger partial charge on any atom is 0.188 e. The van der Waals surface area contributed by atoms with E-state index >= 15 is 0 Å². The van der Waals surface area contributed by atoms with Crippen molar-refractivity contribution >= 4 is 0 Å². The van der Waals surface area contributed by atoms with Gasteiger partial charge in [0.2, 0.25) is 0 Å². The molecular weight excluding hydrogens is 268 g/mol. The average Bonchev–Trinajstić information content (AvgIpc) is 2.91. The number of aromatic nitrogens is 3. The van der Waals surface area contributed by atoms with Gasteiger partial charge in [0.15, 0.2) is 5.69 Å². The second kappa shape index (κ2) is 7.41. The summed E-state index contributed by atoms with van der Waals surface area (Å²) in [4.78, 5) is 0. The van der Waals surface area contributed by atoms with Gasteiger partial charge in [-0.25, -0.2) is 4.68 Å². The lowest BCUT2D eigenvalue weighted by Gasteiger charge is -2.08. The quantitative estimate of drug-likeness (QED) is 0.731. The highest BCUT2D eigenvalue weighted by Gasteiger charge is 2.13. The molecular formula is C15H18N4O2. The lowest BCUT2D eigenvalue weighted by Crippen LogP contribution is -2.04. The first-order chi connectivity index (χ1) is 10.3. The van der Waals surface area contributed by atoms with Crippen LogP contribution in [0.15, 0.2) is 24.3 Å². The van der Waals surface area contributed by atoms with Gasteiger partial charge in [0.25, 0.3) is 0 Å². The Morgan fingerprint density at radius 1 is 1.29 bits per heavy atom. The second-order valence-electron chi connectivity index (χ2n) is 4.54. The molecule has 0 atom stereocenters. The summed E-state index contributed by atoms with van der Waals surface area (Å²) in [5, 5.41) is 16.9. The van der Waals surface area contributed by atoms with Gasteiger partial charge in [0.1, 0.15) is 17.5 Å². The van der Waals surface area contributed by atoms with Crippen LogP contribution in [0.2, 0.25) is 0 Å². The Balaban J connectivity index is 2.19. The van der Waals surface area contributed by atoms with Gasteiger partial charge in [-0.1, -0.05) is 18.6 Å². The van der Waals surface area contributed by atoms with E-state index in [4.69, 9.17) is 14.7 Å². The highest BCUT2D eigenvalue weighted by Crippen LogP contribution is 2.18. The number of ether oxygens (including phenoxy) is 2. The minimum atomic E-state index is 0.278. The molecule has 0 radical (unpaired) electrons. The van der Waals surface area contributed by atoms with Crippen LogP contribution in [0.1, 0.15) is 31.2 Å². The van der Waals surface area contributed by atoms with E-state index in [2.05, 4.69) is 17.2 Å². The normalized spacial score (nSPS) is 10.3. The van der Waals surface area contributed by atoms with E-state index in [1.165, 1.54) is 0 Å². The zero-order valence-corrected chi connectivity index (χ0v) is 12.2. The fraction of sp³-hybridized carbons (Fsp3) is 0.400. The molecule has 1 heterocycles. The van der Waals surface area contributed by atoms with Crippen molar-refractivity contribution < 1.29 is 9.47 Å². The third-order valence-electron chi connectivity index (χ3n) is 3.00. The van der Waals surface area contributed by atoms with Crippen molar-refractivity contribution in [2.75, 3.05) is 13.7 Å². The summed E-state index contributed by atoms with van der Waals surface area (Å²) in [6.45, 7) is 3.12. The van der Waals surface area contributed by atoms with E-state index in [1.54, 1.807) is 11.8 Å². The Bertz CT molecular complexity index is 614. The maximum atomic E-state index is 9.03. The van der Waals surface area contributed by atoms with Crippen LogP contribution in [0, 0.1) is 11.3 Å². The molecule has 1 aromatic heterocycles. The SMILES string of the molecule is CCCCOc1ccc(-n2nnc(C#N)c2COC)cc1. The zero-order valence-electron chi connectivity index (χ0n) is 12.2. The number of hydrogen-bond acceptors (Lipinski definition) is 5. The van der Waals surface area contributed by atoms with E-state index in [0.29, 0.717) is 12.3 Å². The van der Waals surface area contributed by atoms with Crippen LogP contribution in [0.25, 0.3) is 5.69 Å². The number of benzene rings is 1. The average molecular weight is 286 g/mol. The van der Waals surface area contributed by atoms with Crippen molar-refractivity contribution in [1.82, 2.24) is 15.0 Å². The third kappa shape index (κ3) is 3.58. The molecule has 0 aliphatic carbocycles. The van der Waals surface area contributed by atoms with E-state index in [0.717, 1.165) is 24.3 Å². The van der Waals surface area contributed by atoms with Gasteiger partial charge in [0, 0.05) is 7.11 Å². The fourth-order valence-electron chi connectivity index (χ4n) is 1.88. The Hall–Kier alpha value is -2.39. The summed E-state index contributed by atoms with van der Waals surface area (Å²) in [5.74, 6) is 0.820. The third-order valence-corrected chi connectivity index (χ3v) is 3.00. The van der Waals surface area contributed by atoms with Gasteiger partial charge in [-0.05, 0) is 30.7 Å². The molecule has 2 rings (SSSR count). The fourth-order valence-corrected chi connectivity index (χ4v) is 1.88. The lowest BCUT2D eigenvalue weighted by molar-refractivity contribution is 0.179. The van der Waals surface area contributed by atoms with Crippen LogP contribution >= 0.6 is 0 Å². The second-order valence-corrected chi connectivity index (χ2v) is 4.54. The molecule has 21 heavy (non-hydrogen) atoms. The van der Waals surface area contributed by atoms with Gasteiger partial charge in [-0.2, -0.15) is 5.26 Å². The van der Waals surface area contributed by atoms with Crippen molar-refractivity contribution in [2.24, 2.45) is 0 Å². The van der Waals surface area contributed by atoms with Gasteiger partial charge < -0.3 is 9.47 Å². The predicted molar refractivity (Wildman–Crippen MR) is 77.2 cm³/mol. The Morgan fingerprint density at radius 3 is 2.67 bits per heavy atom. The van der Waals surface area contributed by atoms with Crippen LogP contribution in [0.4, 0.5) is 0 Å². The van der Waals surface area contributed by atoms with Crippen LogP contribution in [0.3, 0.4) is 0 Å². The van der Waals surface area contributed by atoms with Crippen molar-refractivity contribution in [2.45, 2.75) is 26.4 Å². The number of nitriles is 1. The summed E-state index contributed by atoms with van der Waals surface area (Å²) in [6, 6.07) is 9.56. The molecule has 110 valence electrons. The standard InChI is InChI=1S/C15H18N4O2/c1-3-4-9-21-13-7-5-12(6-8-13)19-15(11-20-2)14(10-16)17-18-19/h5-8H,3-4,9,11H2,1-2H3. The van der Waals surface area contributed by atoms with E-state index in [-0.39, 0.29) is 12.3 Å². The Labute approximate surface area is 123 Å². The molecule has 1 aromatic carbocycles. The molecule has 0 bridgehead atoms. The number of nitrogens with zero attached hydrogens (tertiary/aromatic N) is 4. The molecule has 0 unspecified atom stereocenters. The highest BCUT2D eigenvalue weighted by molar-refractivity contribution is 5.39. The number of hydrogen-bond donors (Lipinski definition) is 0. The minimum Gasteiger partial charge on any atom is -0.494 e. The topological polar surface area (TPSA) is 73.0 Å². The summed E-state index contributed by atoms with van der Waals surface area (Å²) >= 11 is 0. The molecule has 0 N–H and O–H groups in total. The van der Waals surface area contributed by atoms with Crippen molar-refractivity contribution in [1.29, 1.82) is 5.26 Å². The smallest absolute Gasteiger partial charge is 0.188 e. The molecule has 2 aromatic rings. The van der Waals surface area contributed by atoms with E-state index < -0.39 is 0 Å². The van der Waals surface area contributed by atoms with Crippen molar-refractivity contribution in [3.63, 3.8) is 0 Å². The summed E-state index contributed by atoms with van der Waals surface area (Å²) in [6.07, 6.45) is 2.14. The molecule has 0 saturated carbocycles. The summed E-state index contributed by atoms with van der Waals surface area (Å²) in [7, 11) is 1.57. The van der Waals surface area contributed by atoms with Crippen molar-refractivity contribution in [3.8, 4) is 17.5 Å². The predicted octanol–water partition coefficient (Wildman–Crippen LogP) is 2.46. The first kappa shape index (κ1) is 15.0. The summed E-state index contributed by atoms with van der Waals surface area (Å²) in [5.41, 5.74) is 1.73. The minimum absolute atomic E-state index is 0.278. The van der Waals surface area contributed by atoms with Crippen LogP contribution in [-0.2, 0) is 11.3 Å². The van der Waals surface area contributed by atoms with Crippen molar-refractivity contribution in [3.05, 3.63) is 35.7 Å². The maximum absolute atomic E-state index is 9.03. The molecule has 0 spiro atoms. The molecule has 0 aliphatic heterocycles. The Kier molecular flexibility index (Phi) is 5.29. The van der Waals surface area contributed by atoms with Crippen LogP contribution < -0.4 is 4.74 Å². The molecule has 0 aliphatic rings. The first-order valence-corrected chi connectivity index (χ1v) is 6.87. The molecule has 6 nitrogen and oxygen atoms in total. The molecule has 0 fully saturated rings. The first-order valence-electron chi connectivity index (χ1n) is 6.87. The van der Waals surface area contributed by atoms with Gasteiger partial charge in [0.05, 0.1) is 18.9 Å². The van der Waals surface area contributed by atoms with Crippen LogP contribution in [-0.4, -0.2) is 28.7 Å². The van der Waals surface area contributed by atoms with Gasteiger partial charge >= 0.3 is 0 Å². The molecule has 0 amide bonds. The number of unbranched alkanes of at least 4 members (excludes halogenated alkanes) is 1. The zero-order chi connectivity index (χ0) is 15.1.